The van der Waals surface area contributed by atoms with Crippen LogP contribution in [0, 0.1) is 0 Å². The minimum absolute atomic E-state index is 0.0967. The van der Waals surface area contributed by atoms with Crippen LogP contribution in [0.2, 0.25) is 0 Å². The smallest absolute Gasteiger partial charge is 0.329 e. The van der Waals surface area contributed by atoms with Crippen LogP contribution in [0.3, 0.4) is 0 Å². The summed E-state index contributed by atoms with van der Waals surface area (Å²) in [4.78, 5) is 37.7. The van der Waals surface area contributed by atoms with Crippen molar-refractivity contribution in [1.29, 1.82) is 0 Å². The van der Waals surface area contributed by atoms with Gasteiger partial charge in [-0.15, -0.1) is 0 Å². The summed E-state index contributed by atoms with van der Waals surface area (Å²) in [5.41, 5.74) is 0.515. The number of rotatable bonds is 5. The van der Waals surface area contributed by atoms with E-state index in [0.29, 0.717) is 14.5 Å². The summed E-state index contributed by atoms with van der Waals surface area (Å²) in [6, 6.07) is 0.505. The molecule has 1 atom stereocenters. The van der Waals surface area contributed by atoms with Gasteiger partial charge in [-0.25, -0.2) is 4.79 Å². The molecule has 10 heteroatoms. The average molecular weight is 509 g/mol. The number of carbonyl (C=O) groups is 3. The van der Waals surface area contributed by atoms with Crippen LogP contribution < -0.4 is 4.74 Å². The van der Waals surface area contributed by atoms with Gasteiger partial charge in [0.25, 0.3) is 11.1 Å². The van der Waals surface area contributed by atoms with E-state index in [2.05, 4.69) is 31.9 Å². The van der Waals surface area contributed by atoms with Gasteiger partial charge in [0.05, 0.1) is 23.1 Å². The number of hydrogen-bond acceptors (Lipinski definition) is 7. The van der Waals surface area contributed by atoms with Gasteiger partial charge in [0.15, 0.2) is 11.5 Å². The standard InChI is InChI=1S/C16H15Br2NO6S/c1-4-25-15(22)7(2)19-14(21)10(26-16(19)23)6-8-5-9(24-3)13(20)12(18)11(8)17/h5-7,20H,4H2,1-3H3/b10-6+/t7-/m0/s1. The molecule has 1 aromatic rings. The summed E-state index contributed by atoms with van der Waals surface area (Å²) >= 11 is 7.28. The Morgan fingerprint density at radius 1 is 1.38 bits per heavy atom. The fourth-order valence-corrected chi connectivity index (χ4v) is 3.94. The number of ether oxygens (including phenoxy) is 2. The van der Waals surface area contributed by atoms with Crippen LogP contribution in [-0.2, 0) is 14.3 Å². The van der Waals surface area contributed by atoms with Gasteiger partial charge in [-0.2, -0.15) is 0 Å². The Hall–Kier alpha value is -1.52. The number of aromatic hydroxyl groups is 1. The Morgan fingerprint density at radius 3 is 2.62 bits per heavy atom. The maximum atomic E-state index is 12.6. The van der Waals surface area contributed by atoms with Crippen molar-refractivity contribution in [3.8, 4) is 11.5 Å². The van der Waals surface area contributed by atoms with Crippen molar-refractivity contribution in [2.24, 2.45) is 0 Å². The Labute approximate surface area is 171 Å². The third-order valence-electron chi connectivity index (χ3n) is 3.52. The molecule has 1 aromatic carbocycles. The Morgan fingerprint density at radius 2 is 2.04 bits per heavy atom. The first-order valence-electron chi connectivity index (χ1n) is 7.41. The molecule has 1 aliphatic heterocycles. The van der Waals surface area contributed by atoms with E-state index in [-0.39, 0.29) is 23.0 Å². The monoisotopic (exact) mass is 507 g/mol. The number of nitrogens with zero attached hydrogens (tertiary/aromatic N) is 1. The molecule has 1 heterocycles. The van der Waals surface area contributed by atoms with Crippen molar-refractivity contribution in [2.45, 2.75) is 19.9 Å². The summed E-state index contributed by atoms with van der Waals surface area (Å²) in [5, 5.41) is 9.42. The second-order valence-electron chi connectivity index (χ2n) is 5.12. The molecule has 26 heavy (non-hydrogen) atoms. The molecule has 0 saturated carbocycles. The molecule has 0 aromatic heterocycles. The second kappa shape index (κ2) is 8.45. The normalized spacial score (nSPS) is 17.0. The lowest BCUT2D eigenvalue weighted by Gasteiger charge is -2.19. The van der Waals surface area contributed by atoms with Gasteiger partial charge in [-0.3, -0.25) is 14.5 Å². The molecule has 2 rings (SSSR count). The summed E-state index contributed by atoms with van der Waals surface area (Å²) in [5.74, 6) is -1.13. The van der Waals surface area contributed by atoms with Gasteiger partial charge >= 0.3 is 5.97 Å². The molecule has 7 nitrogen and oxygen atoms in total. The summed E-state index contributed by atoms with van der Waals surface area (Å²) in [6.45, 7) is 3.24. The number of benzene rings is 1. The Kier molecular flexibility index (Phi) is 6.75. The minimum atomic E-state index is -1.02. The molecule has 0 bridgehead atoms. The number of amides is 2. The van der Waals surface area contributed by atoms with E-state index < -0.39 is 23.2 Å². The highest BCUT2D eigenvalue weighted by molar-refractivity contribution is 9.13. The lowest BCUT2D eigenvalue weighted by molar-refractivity contribution is -0.150. The van der Waals surface area contributed by atoms with Crippen molar-refractivity contribution < 1.29 is 29.0 Å². The molecule has 0 spiro atoms. The molecule has 140 valence electrons. The molecule has 0 aliphatic carbocycles. The number of thioether (sulfide) groups is 1. The second-order valence-corrected chi connectivity index (χ2v) is 7.70. The number of phenols is 1. The van der Waals surface area contributed by atoms with Crippen molar-refractivity contribution in [1.82, 2.24) is 4.90 Å². The van der Waals surface area contributed by atoms with Crippen molar-refractivity contribution in [3.63, 3.8) is 0 Å². The van der Waals surface area contributed by atoms with Crippen molar-refractivity contribution in [2.75, 3.05) is 13.7 Å². The number of hydrogen-bond donors (Lipinski definition) is 1. The Bertz CT molecular complexity index is 810. The molecule has 1 aliphatic rings. The first-order chi connectivity index (χ1) is 12.2. The summed E-state index contributed by atoms with van der Waals surface area (Å²) in [7, 11) is 1.40. The quantitative estimate of drug-likeness (QED) is 0.476. The highest BCUT2D eigenvalue weighted by atomic mass is 79.9. The first-order valence-corrected chi connectivity index (χ1v) is 9.81. The van der Waals surface area contributed by atoms with Crippen LogP contribution in [0.5, 0.6) is 11.5 Å². The molecule has 0 unspecified atom stereocenters. The number of phenolic OH excluding ortho intramolecular Hbond substituents is 1. The van der Waals surface area contributed by atoms with Crippen LogP contribution in [-0.4, -0.2) is 46.9 Å². The summed E-state index contributed by atoms with van der Waals surface area (Å²) < 4.78 is 10.8. The number of halogens is 2. The predicted molar refractivity (Wildman–Crippen MR) is 104 cm³/mol. The number of carbonyl (C=O) groups excluding carboxylic acids is 3. The maximum Gasteiger partial charge on any atom is 0.329 e. The third kappa shape index (κ3) is 3.91. The van der Waals surface area contributed by atoms with E-state index in [0.717, 1.165) is 16.7 Å². The molecular formula is C16H15Br2NO6S. The topological polar surface area (TPSA) is 93.1 Å². The highest BCUT2D eigenvalue weighted by Gasteiger charge is 2.41. The number of methoxy groups -OCH3 is 1. The van der Waals surface area contributed by atoms with E-state index in [1.807, 2.05) is 0 Å². The van der Waals surface area contributed by atoms with E-state index >= 15 is 0 Å². The van der Waals surface area contributed by atoms with Gasteiger partial charge in [-0.1, -0.05) is 0 Å². The van der Waals surface area contributed by atoms with E-state index in [4.69, 9.17) is 9.47 Å². The van der Waals surface area contributed by atoms with Crippen LogP contribution in [0.15, 0.2) is 19.9 Å². The van der Waals surface area contributed by atoms with Crippen LogP contribution in [0.1, 0.15) is 19.4 Å². The predicted octanol–water partition coefficient (Wildman–Crippen LogP) is 3.91. The van der Waals surface area contributed by atoms with Crippen LogP contribution in [0.25, 0.3) is 6.08 Å². The first kappa shape index (κ1) is 20.8. The number of esters is 1. The molecule has 1 N–H and O–H groups in total. The van der Waals surface area contributed by atoms with Gasteiger partial charge in [0, 0.05) is 4.47 Å². The van der Waals surface area contributed by atoms with Gasteiger partial charge in [-0.05, 0) is 75.2 Å². The zero-order valence-electron chi connectivity index (χ0n) is 14.0. The van der Waals surface area contributed by atoms with Gasteiger partial charge in [0.2, 0.25) is 0 Å². The third-order valence-corrected chi connectivity index (χ3v) is 6.56. The van der Waals surface area contributed by atoms with E-state index in [1.165, 1.54) is 26.2 Å². The largest absolute Gasteiger partial charge is 0.503 e. The molecule has 0 radical (unpaired) electrons. The van der Waals surface area contributed by atoms with Gasteiger partial charge in [0.1, 0.15) is 6.04 Å². The zero-order valence-corrected chi connectivity index (χ0v) is 18.0. The van der Waals surface area contributed by atoms with Crippen LogP contribution in [0.4, 0.5) is 4.79 Å². The van der Waals surface area contributed by atoms with Gasteiger partial charge < -0.3 is 14.6 Å². The molecular weight excluding hydrogens is 494 g/mol. The maximum absolute atomic E-state index is 12.6. The van der Waals surface area contributed by atoms with Crippen LogP contribution >= 0.6 is 43.6 Å². The minimum Gasteiger partial charge on any atom is -0.503 e. The molecule has 1 saturated heterocycles. The number of imide groups is 1. The van der Waals surface area contributed by atoms with E-state index in [1.54, 1.807) is 6.92 Å². The molecule has 2 amide bonds. The Balaban J connectivity index is 2.39. The van der Waals surface area contributed by atoms with Crippen molar-refractivity contribution >= 4 is 66.8 Å². The van der Waals surface area contributed by atoms with Crippen molar-refractivity contribution in [3.05, 3.63) is 25.5 Å². The lowest BCUT2D eigenvalue weighted by Crippen LogP contribution is -2.42. The lowest BCUT2D eigenvalue weighted by atomic mass is 10.1. The fourth-order valence-electron chi connectivity index (χ4n) is 2.20. The highest BCUT2D eigenvalue weighted by Crippen LogP contribution is 2.43. The summed E-state index contributed by atoms with van der Waals surface area (Å²) in [6.07, 6.45) is 1.49. The van der Waals surface area contributed by atoms with E-state index in [9.17, 15) is 19.5 Å². The molecule has 1 fully saturated rings. The SMILES string of the molecule is CCOC(=O)[C@H](C)N1C(=O)S/C(=C/c2cc(OC)c(O)c(Br)c2Br)C1=O. The fraction of sp³-hybridized carbons (Fsp3) is 0.312. The zero-order chi connectivity index (χ0) is 19.6. The average Bonchev–Trinajstić information content (AvgIpc) is 2.88.